The largest absolute Gasteiger partial charge is 0.456 e. The Kier molecular flexibility index (Phi) is 4.31. The van der Waals surface area contributed by atoms with Gasteiger partial charge in [-0.15, -0.1) is 0 Å². The van der Waals surface area contributed by atoms with Gasteiger partial charge in [0.1, 0.15) is 5.76 Å². The van der Waals surface area contributed by atoms with E-state index in [1.165, 1.54) is 0 Å². The van der Waals surface area contributed by atoms with Crippen LogP contribution in [0.3, 0.4) is 0 Å². The van der Waals surface area contributed by atoms with Crippen LogP contribution in [0.4, 0.5) is 0 Å². The maximum absolute atomic E-state index is 12.5. The van der Waals surface area contributed by atoms with Gasteiger partial charge in [-0.1, -0.05) is 6.92 Å². The summed E-state index contributed by atoms with van der Waals surface area (Å²) in [5.74, 6) is 1.39. The van der Waals surface area contributed by atoms with Gasteiger partial charge in [-0.3, -0.25) is 9.69 Å². The van der Waals surface area contributed by atoms with Crippen LogP contribution in [0.25, 0.3) is 0 Å². The molecule has 21 heavy (non-hydrogen) atoms. The molecule has 116 valence electrons. The third kappa shape index (κ3) is 3.14. The standard InChI is InChI=1S/C16H25N3O2/c1-2-14-3-4-15(21-14)16(20)19-10-7-13(11-19)18-8-5-12(17)6-9-18/h3-4,12-13H,2,5-11,17H2,1H3. The van der Waals surface area contributed by atoms with Crippen molar-refractivity contribution in [2.45, 2.75) is 44.7 Å². The molecule has 0 radical (unpaired) electrons. The van der Waals surface area contributed by atoms with E-state index in [0.29, 0.717) is 17.8 Å². The van der Waals surface area contributed by atoms with Crippen LogP contribution in [0, 0.1) is 0 Å². The minimum absolute atomic E-state index is 0.0333. The highest BCUT2D eigenvalue weighted by molar-refractivity contribution is 5.91. The van der Waals surface area contributed by atoms with E-state index in [0.717, 1.165) is 57.6 Å². The van der Waals surface area contributed by atoms with Crippen LogP contribution < -0.4 is 5.73 Å². The molecule has 1 aromatic heterocycles. The van der Waals surface area contributed by atoms with Crippen molar-refractivity contribution in [2.75, 3.05) is 26.2 Å². The van der Waals surface area contributed by atoms with E-state index < -0.39 is 0 Å². The fourth-order valence-electron chi connectivity index (χ4n) is 3.35. The number of hydrogen-bond donors (Lipinski definition) is 1. The quantitative estimate of drug-likeness (QED) is 0.916. The van der Waals surface area contributed by atoms with Gasteiger partial charge < -0.3 is 15.1 Å². The molecule has 0 spiro atoms. The smallest absolute Gasteiger partial charge is 0.289 e. The van der Waals surface area contributed by atoms with Gasteiger partial charge in [0.05, 0.1) is 0 Å². The monoisotopic (exact) mass is 291 g/mol. The van der Waals surface area contributed by atoms with Gasteiger partial charge in [-0.2, -0.15) is 0 Å². The summed E-state index contributed by atoms with van der Waals surface area (Å²) >= 11 is 0. The Bertz CT molecular complexity index is 491. The number of carbonyl (C=O) groups excluding carboxylic acids is 1. The first-order valence-corrected chi connectivity index (χ1v) is 8.05. The second kappa shape index (κ2) is 6.20. The molecular weight excluding hydrogens is 266 g/mol. The van der Waals surface area contributed by atoms with E-state index >= 15 is 0 Å². The molecule has 2 aliphatic heterocycles. The number of hydrogen-bond acceptors (Lipinski definition) is 4. The molecule has 0 bridgehead atoms. The zero-order chi connectivity index (χ0) is 14.8. The van der Waals surface area contributed by atoms with Crippen LogP contribution in [0.2, 0.25) is 0 Å². The number of rotatable bonds is 3. The molecule has 1 unspecified atom stereocenters. The van der Waals surface area contributed by atoms with Gasteiger partial charge >= 0.3 is 0 Å². The Morgan fingerprint density at radius 3 is 2.71 bits per heavy atom. The number of amides is 1. The van der Waals surface area contributed by atoms with Gasteiger partial charge in [-0.05, 0) is 44.5 Å². The molecule has 1 atom stereocenters. The Labute approximate surface area is 126 Å². The number of nitrogens with zero attached hydrogens (tertiary/aromatic N) is 2. The van der Waals surface area contributed by atoms with Gasteiger partial charge in [0.15, 0.2) is 5.76 Å². The van der Waals surface area contributed by atoms with Crippen LogP contribution in [-0.2, 0) is 6.42 Å². The molecule has 1 amide bonds. The lowest BCUT2D eigenvalue weighted by atomic mass is 10.0. The molecule has 2 aliphatic rings. The Balaban J connectivity index is 1.57. The average molecular weight is 291 g/mol. The molecule has 2 saturated heterocycles. The highest BCUT2D eigenvalue weighted by atomic mass is 16.4. The van der Waals surface area contributed by atoms with Crippen LogP contribution >= 0.6 is 0 Å². The molecule has 2 N–H and O–H groups in total. The van der Waals surface area contributed by atoms with Crippen LogP contribution in [0.1, 0.15) is 42.5 Å². The summed E-state index contributed by atoms with van der Waals surface area (Å²) in [6.07, 6.45) is 4.03. The summed E-state index contributed by atoms with van der Waals surface area (Å²) in [7, 11) is 0. The molecule has 0 aromatic carbocycles. The number of aryl methyl sites for hydroxylation is 1. The van der Waals surface area contributed by atoms with Gasteiger partial charge in [0.25, 0.3) is 5.91 Å². The Morgan fingerprint density at radius 2 is 2.05 bits per heavy atom. The summed E-state index contributed by atoms with van der Waals surface area (Å²) in [5, 5.41) is 0. The van der Waals surface area contributed by atoms with Crippen molar-refractivity contribution < 1.29 is 9.21 Å². The first-order chi connectivity index (χ1) is 10.2. The van der Waals surface area contributed by atoms with Gasteiger partial charge in [-0.25, -0.2) is 0 Å². The van der Waals surface area contributed by atoms with Crippen molar-refractivity contribution in [2.24, 2.45) is 5.73 Å². The minimum atomic E-state index is 0.0333. The summed E-state index contributed by atoms with van der Waals surface area (Å²) in [4.78, 5) is 16.9. The predicted octanol–water partition coefficient (Wildman–Crippen LogP) is 1.48. The van der Waals surface area contributed by atoms with Crippen LogP contribution in [-0.4, -0.2) is 54.0 Å². The van der Waals surface area contributed by atoms with Crippen molar-refractivity contribution in [3.05, 3.63) is 23.7 Å². The predicted molar refractivity (Wildman–Crippen MR) is 81.2 cm³/mol. The summed E-state index contributed by atoms with van der Waals surface area (Å²) < 4.78 is 5.58. The lowest BCUT2D eigenvalue weighted by Crippen LogP contribution is -2.46. The normalized spacial score (nSPS) is 24.7. The summed E-state index contributed by atoms with van der Waals surface area (Å²) in [6, 6.07) is 4.54. The van der Waals surface area contributed by atoms with E-state index in [1.54, 1.807) is 6.07 Å². The second-order valence-corrected chi connectivity index (χ2v) is 6.19. The van der Waals surface area contributed by atoms with Gasteiger partial charge in [0.2, 0.25) is 0 Å². The molecule has 5 nitrogen and oxygen atoms in total. The third-order valence-corrected chi connectivity index (χ3v) is 4.76. The number of nitrogens with two attached hydrogens (primary N) is 1. The van der Waals surface area contributed by atoms with E-state index in [-0.39, 0.29) is 5.91 Å². The molecule has 5 heteroatoms. The van der Waals surface area contributed by atoms with E-state index in [9.17, 15) is 4.79 Å². The maximum atomic E-state index is 12.5. The summed E-state index contributed by atoms with van der Waals surface area (Å²) in [6.45, 7) is 5.80. The van der Waals surface area contributed by atoms with Crippen LogP contribution in [0.5, 0.6) is 0 Å². The highest BCUT2D eigenvalue weighted by Gasteiger charge is 2.33. The topological polar surface area (TPSA) is 62.7 Å². The fraction of sp³-hybridized carbons (Fsp3) is 0.688. The molecule has 0 aliphatic carbocycles. The first-order valence-electron chi connectivity index (χ1n) is 8.05. The Morgan fingerprint density at radius 1 is 1.29 bits per heavy atom. The number of carbonyl (C=O) groups is 1. The molecule has 2 fully saturated rings. The van der Waals surface area contributed by atoms with E-state index in [4.69, 9.17) is 10.2 Å². The SMILES string of the molecule is CCc1ccc(C(=O)N2CCC(N3CCC(N)CC3)C2)o1. The summed E-state index contributed by atoms with van der Waals surface area (Å²) in [5.41, 5.74) is 5.96. The number of furan rings is 1. The van der Waals surface area contributed by atoms with E-state index in [2.05, 4.69) is 4.90 Å². The molecule has 1 aromatic rings. The zero-order valence-corrected chi connectivity index (χ0v) is 12.8. The van der Waals surface area contributed by atoms with Crippen molar-refractivity contribution in [3.63, 3.8) is 0 Å². The fourth-order valence-corrected chi connectivity index (χ4v) is 3.35. The first kappa shape index (κ1) is 14.6. The Hall–Kier alpha value is -1.33. The lowest BCUT2D eigenvalue weighted by Gasteiger charge is -2.34. The second-order valence-electron chi connectivity index (χ2n) is 6.19. The third-order valence-electron chi connectivity index (χ3n) is 4.76. The van der Waals surface area contributed by atoms with E-state index in [1.807, 2.05) is 17.9 Å². The molecule has 3 rings (SSSR count). The zero-order valence-electron chi connectivity index (χ0n) is 12.8. The van der Waals surface area contributed by atoms with Crippen molar-refractivity contribution in [1.29, 1.82) is 0 Å². The van der Waals surface area contributed by atoms with Gasteiger partial charge in [0, 0.05) is 31.6 Å². The van der Waals surface area contributed by atoms with Crippen molar-refractivity contribution >= 4 is 5.91 Å². The lowest BCUT2D eigenvalue weighted by molar-refractivity contribution is 0.0736. The van der Waals surface area contributed by atoms with Crippen molar-refractivity contribution in [1.82, 2.24) is 9.80 Å². The molecular formula is C16H25N3O2. The molecule has 3 heterocycles. The molecule has 0 saturated carbocycles. The maximum Gasteiger partial charge on any atom is 0.289 e. The number of piperidine rings is 1. The van der Waals surface area contributed by atoms with Crippen molar-refractivity contribution in [3.8, 4) is 0 Å². The average Bonchev–Trinajstić information content (AvgIpc) is 3.16. The minimum Gasteiger partial charge on any atom is -0.456 e. The highest BCUT2D eigenvalue weighted by Crippen LogP contribution is 2.22. The van der Waals surface area contributed by atoms with Crippen LogP contribution in [0.15, 0.2) is 16.5 Å². The number of likely N-dealkylation sites (tertiary alicyclic amines) is 2.